The van der Waals surface area contributed by atoms with Crippen molar-refractivity contribution in [3.63, 3.8) is 0 Å². The van der Waals surface area contributed by atoms with Gasteiger partial charge < -0.3 is 20.3 Å². The highest BCUT2D eigenvalue weighted by molar-refractivity contribution is 5.89. The third-order valence-electron chi connectivity index (χ3n) is 6.11. The van der Waals surface area contributed by atoms with Crippen molar-refractivity contribution in [3.8, 4) is 11.4 Å². The predicted octanol–water partition coefficient (Wildman–Crippen LogP) is 3.23. The largest absolute Gasteiger partial charge is 0.377 e. The standard InChI is InChI=1S/C24H33FN6O2/c1-3-26-24(32)27-19-7-5-18(6-8-19)22-28-21-15-30(11-4-10-25)12-9-20(21)23(29-22)31-13-14-33-16-17(31)2/h5-8,17H,3-4,9-16H2,1-2H3,(H2,26,27,32). The van der Waals surface area contributed by atoms with Crippen LogP contribution in [0.2, 0.25) is 0 Å². The van der Waals surface area contributed by atoms with Gasteiger partial charge in [0.2, 0.25) is 0 Å². The fourth-order valence-corrected chi connectivity index (χ4v) is 4.39. The van der Waals surface area contributed by atoms with E-state index in [0.717, 1.165) is 43.1 Å². The SMILES string of the molecule is CCNC(=O)Nc1ccc(-c2nc3c(c(N4CCOCC4C)n2)CCN(CCCF)C3)cc1. The molecule has 0 radical (unpaired) electrons. The third-order valence-corrected chi connectivity index (χ3v) is 6.11. The molecule has 4 rings (SSSR count). The van der Waals surface area contributed by atoms with E-state index in [-0.39, 0.29) is 18.7 Å². The average Bonchev–Trinajstić information content (AvgIpc) is 2.83. The number of anilines is 2. The molecule has 2 aliphatic rings. The smallest absolute Gasteiger partial charge is 0.319 e. The van der Waals surface area contributed by atoms with Crippen molar-refractivity contribution in [2.24, 2.45) is 0 Å². The zero-order valence-electron chi connectivity index (χ0n) is 19.4. The lowest BCUT2D eigenvalue weighted by Gasteiger charge is -2.37. The summed E-state index contributed by atoms with van der Waals surface area (Å²) in [6, 6.07) is 7.58. The molecule has 33 heavy (non-hydrogen) atoms. The van der Waals surface area contributed by atoms with E-state index in [1.54, 1.807) is 0 Å². The van der Waals surface area contributed by atoms with Crippen LogP contribution in [0.5, 0.6) is 0 Å². The fourth-order valence-electron chi connectivity index (χ4n) is 4.39. The van der Waals surface area contributed by atoms with Gasteiger partial charge in [0.05, 0.1) is 31.6 Å². The number of halogens is 1. The lowest BCUT2D eigenvalue weighted by molar-refractivity contribution is 0.0983. The number of rotatable bonds is 7. The van der Waals surface area contributed by atoms with E-state index in [4.69, 9.17) is 14.7 Å². The topological polar surface area (TPSA) is 82.6 Å². The molecule has 0 saturated carbocycles. The van der Waals surface area contributed by atoms with Gasteiger partial charge in [0, 0.05) is 49.5 Å². The van der Waals surface area contributed by atoms with Crippen LogP contribution >= 0.6 is 0 Å². The Labute approximate surface area is 194 Å². The zero-order chi connectivity index (χ0) is 23.2. The van der Waals surface area contributed by atoms with E-state index in [0.29, 0.717) is 44.2 Å². The van der Waals surface area contributed by atoms with Crippen molar-refractivity contribution in [1.29, 1.82) is 0 Å². The minimum Gasteiger partial charge on any atom is -0.377 e. The molecule has 0 bridgehead atoms. The van der Waals surface area contributed by atoms with E-state index in [1.165, 1.54) is 5.56 Å². The number of hydrogen-bond donors (Lipinski definition) is 2. The molecular weight excluding hydrogens is 423 g/mol. The van der Waals surface area contributed by atoms with Gasteiger partial charge in [-0.05, 0) is 51.0 Å². The Bertz CT molecular complexity index is 955. The van der Waals surface area contributed by atoms with Gasteiger partial charge in [0.1, 0.15) is 5.82 Å². The molecule has 3 heterocycles. The molecule has 2 aromatic rings. The second-order valence-electron chi connectivity index (χ2n) is 8.54. The minimum atomic E-state index is -0.300. The molecule has 1 saturated heterocycles. The van der Waals surface area contributed by atoms with Gasteiger partial charge in [-0.25, -0.2) is 14.8 Å². The van der Waals surface area contributed by atoms with Crippen molar-refractivity contribution >= 4 is 17.5 Å². The van der Waals surface area contributed by atoms with Crippen molar-refractivity contribution in [3.05, 3.63) is 35.5 Å². The van der Waals surface area contributed by atoms with Gasteiger partial charge in [-0.15, -0.1) is 0 Å². The average molecular weight is 457 g/mol. The monoisotopic (exact) mass is 456 g/mol. The van der Waals surface area contributed by atoms with E-state index < -0.39 is 0 Å². The first-order valence-corrected chi connectivity index (χ1v) is 11.8. The summed E-state index contributed by atoms with van der Waals surface area (Å²) in [7, 11) is 0. The highest BCUT2D eigenvalue weighted by atomic mass is 19.1. The Kier molecular flexibility index (Phi) is 7.72. The van der Waals surface area contributed by atoms with Gasteiger partial charge in [-0.1, -0.05) is 0 Å². The Balaban J connectivity index is 1.65. The van der Waals surface area contributed by atoms with Crippen LogP contribution in [0.3, 0.4) is 0 Å². The third kappa shape index (κ3) is 5.59. The first-order chi connectivity index (χ1) is 16.1. The number of aromatic nitrogens is 2. The quantitative estimate of drug-likeness (QED) is 0.666. The van der Waals surface area contributed by atoms with Crippen molar-refractivity contribution in [1.82, 2.24) is 20.2 Å². The number of urea groups is 1. The van der Waals surface area contributed by atoms with Gasteiger partial charge in [-0.3, -0.25) is 9.29 Å². The fraction of sp³-hybridized carbons (Fsp3) is 0.542. The summed E-state index contributed by atoms with van der Waals surface area (Å²) >= 11 is 0. The summed E-state index contributed by atoms with van der Waals surface area (Å²) in [5.74, 6) is 1.65. The molecule has 0 spiro atoms. The number of fused-ring (bicyclic) bond motifs is 1. The normalized spacial score (nSPS) is 18.6. The second kappa shape index (κ2) is 10.9. The number of morpholine rings is 1. The van der Waals surface area contributed by atoms with Crippen LogP contribution < -0.4 is 15.5 Å². The van der Waals surface area contributed by atoms with E-state index >= 15 is 0 Å². The van der Waals surface area contributed by atoms with Crippen molar-refractivity contribution in [2.45, 2.75) is 39.3 Å². The number of nitrogens with zero attached hydrogens (tertiary/aromatic N) is 4. The molecule has 178 valence electrons. The molecule has 1 aromatic heterocycles. The lowest BCUT2D eigenvalue weighted by atomic mass is 10.0. The van der Waals surface area contributed by atoms with Crippen LogP contribution in [0.1, 0.15) is 31.5 Å². The highest BCUT2D eigenvalue weighted by Gasteiger charge is 2.28. The highest BCUT2D eigenvalue weighted by Crippen LogP contribution is 2.31. The Morgan fingerprint density at radius 3 is 2.79 bits per heavy atom. The van der Waals surface area contributed by atoms with Crippen molar-refractivity contribution in [2.75, 3.05) is 56.3 Å². The summed E-state index contributed by atoms with van der Waals surface area (Å²) in [6.45, 7) is 8.79. The molecule has 1 aromatic carbocycles. The molecule has 1 fully saturated rings. The summed E-state index contributed by atoms with van der Waals surface area (Å²) in [4.78, 5) is 26.3. The first-order valence-electron chi connectivity index (χ1n) is 11.8. The number of nitrogens with one attached hydrogen (secondary N) is 2. The van der Waals surface area contributed by atoms with E-state index in [1.807, 2.05) is 31.2 Å². The number of carbonyl (C=O) groups is 1. The zero-order valence-corrected chi connectivity index (χ0v) is 19.4. The molecule has 1 atom stereocenters. The Morgan fingerprint density at radius 1 is 1.24 bits per heavy atom. The van der Waals surface area contributed by atoms with Crippen LogP contribution in [-0.4, -0.2) is 73.0 Å². The minimum absolute atomic E-state index is 0.229. The number of ether oxygens (including phenoxy) is 1. The van der Waals surface area contributed by atoms with Gasteiger partial charge >= 0.3 is 6.03 Å². The van der Waals surface area contributed by atoms with Crippen LogP contribution in [0.15, 0.2) is 24.3 Å². The number of hydrogen-bond acceptors (Lipinski definition) is 6. The second-order valence-corrected chi connectivity index (χ2v) is 8.54. The van der Waals surface area contributed by atoms with Gasteiger partial charge in [-0.2, -0.15) is 0 Å². The molecule has 0 aliphatic carbocycles. The summed E-state index contributed by atoms with van der Waals surface area (Å²) in [6.07, 6.45) is 1.40. The van der Waals surface area contributed by atoms with Crippen LogP contribution in [-0.2, 0) is 17.7 Å². The number of alkyl halides is 1. The lowest BCUT2D eigenvalue weighted by Crippen LogP contribution is -2.45. The molecule has 2 aliphatic heterocycles. The van der Waals surface area contributed by atoms with Crippen molar-refractivity contribution < 1.29 is 13.9 Å². The molecule has 2 amide bonds. The molecule has 2 N–H and O–H groups in total. The van der Waals surface area contributed by atoms with E-state index in [9.17, 15) is 9.18 Å². The number of benzene rings is 1. The molecular formula is C24H33FN6O2. The maximum atomic E-state index is 12.7. The maximum absolute atomic E-state index is 12.7. The first kappa shape index (κ1) is 23.4. The summed E-state index contributed by atoms with van der Waals surface area (Å²) in [5.41, 5.74) is 3.81. The molecule has 1 unspecified atom stereocenters. The van der Waals surface area contributed by atoms with Crippen LogP contribution in [0, 0.1) is 0 Å². The van der Waals surface area contributed by atoms with Crippen LogP contribution in [0.4, 0.5) is 20.7 Å². The maximum Gasteiger partial charge on any atom is 0.319 e. The predicted molar refractivity (Wildman–Crippen MR) is 127 cm³/mol. The summed E-state index contributed by atoms with van der Waals surface area (Å²) < 4.78 is 18.4. The molecule has 8 nitrogen and oxygen atoms in total. The van der Waals surface area contributed by atoms with Gasteiger partial charge in [0.25, 0.3) is 0 Å². The number of carbonyl (C=O) groups excluding carboxylic acids is 1. The molecule has 9 heteroatoms. The Hall–Kier alpha value is -2.78. The van der Waals surface area contributed by atoms with Gasteiger partial charge in [0.15, 0.2) is 5.82 Å². The summed E-state index contributed by atoms with van der Waals surface area (Å²) in [5, 5.41) is 5.54. The Morgan fingerprint density at radius 2 is 2.06 bits per heavy atom. The number of amides is 2. The van der Waals surface area contributed by atoms with Crippen LogP contribution in [0.25, 0.3) is 11.4 Å². The van der Waals surface area contributed by atoms with E-state index in [2.05, 4.69) is 27.4 Å².